The van der Waals surface area contributed by atoms with Crippen molar-refractivity contribution in [3.8, 4) is 0 Å². The van der Waals surface area contributed by atoms with E-state index in [0.29, 0.717) is 0 Å². The molecule has 0 saturated carbocycles. The fourth-order valence-electron chi connectivity index (χ4n) is 1.15. The molecule has 0 aromatic carbocycles. The van der Waals surface area contributed by atoms with E-state index in [9.17, 15) is 0 Å². The van der Waals surface area contributed by atoms with Gasteiger partial charge < -0.3 is 24.8 Å². The zero-order valence-electron chi connectivity index (χ0n) is 7.24. The van der Waals surface area contributed by atoms with Crippen LogP contribution in [0.1, 0.15) is 32.6 Å². The predicted molar refractivity (Wildman–Crippen MR) is 40.3 cm³/mol. The second-order valence-corrected chi connectivity index (χ2v) is 4.20. The van der Waals surface area contributed by atoms with E-state index in [4.69, 9.17) is 0 Å². The Morgan fingerprint density at radius 2 is 2.08 bits per heavy atom. The van der Waals surface area contributed by atoms with Crippen molar-refractivity contribution in [3.05, 3.63) is 21.0 Å². The van der Waals surface area contributed by atoms with Crippen LogP contribution in [0.4, 0.5) is 0 Å². The molecule has 0 aromatic heterocycles. The molecule has 0 saturated heterocycles. The van der Waals surface area contributed by atoms with E-state index in [1.165, 1.54) is 25.7 Å². The zero-order valence-corrected chi connectivity index (χ0v) is 11.2. The standard InChI is InChI=1S/C9H13.2ClH.Zr/c1-2-3-6-9-7-4-5-8-9;;;/h4,7H,2-3,5-6H2,1H3;2*1H;/q;;;+2/p-2. The van der Waals surface area contributed by atoms with Crippen molar-refractivity contribution in [2.45, 2.75) is 32.6 Å². The van der Waals surface area contributed by atoms with Crippen molar-refractivity contribution >= 4 is 0 Å². The molecule has 0 unspecified atom stereocenters. The van der Waals surface area contributed by atoms with Crippen LogP contribution in [0.2, 0.25) is 0 Å². The molecule has 67 valence electrons. The van der Waals surface area contributed by atoms with Gasteiger partial charge in [0.15, 0.2) is 0 Å². The van der Waals surface area contributed by atoms with Gasteiger partial charge in [-0.1, -0.05) is 0 Å². The smallest absolute Gasteiger partial charge is 1.00 e. The first kappa shape index (κ1) is 15.4. The number of rotatable bonds is 3. The minimum absolute atomic E-state index is 0. The van der Waals surface area contributed by atoms with E-state index in [1.807, 2.05) is 0 Å². The number of halogens is 2. The third-order valence-corrected chi connectivity index (χ3v) is 3.12. The van der Waals surface area contributed by atoms with Gasteiger partial charge in [0.1, 0.15) is 0 Å². The molecule has 0 aliphatic heterocycles. The van der Waals surface area contributed by atoms with E-state index in [2.05, 4.69) is 19.1 Å². The molecular weight excluding hydrogens is 270 g/mol. The topological polar surface area (TPSA) is 0 Å². The van der Waals surface area contributed by atoms with Crippen LogP contribution < -0.4 is 24.8 Å². The monoisotopic (exact) mass is 281 g/mol. The number of unbranched alkanes of at least 4 members (excludes halogenated alkanes) is 1. The summed E-state index contributed by atoms with van der Waals surface area (Å²) in [6.07, 6.45) is 9.82. The molecule has 0 aromatic rings. The number of allylic oxidation sites excluding steroid dienone is 4. The van der Waals surface area contributed by atoms with Gasteiger partial charge in [0.25, 0.3) is 0 Å². The molecule has 1 rings (SSSR count). The van der Waals surface area contributed by atoms with Crippen LogP contribution in [0.25, 0.3) is 0 Å². The van der Waals surface area contributed by atoms with Crippen LogP contribution in [0, 0.1) is 0 Å². The second-order valence-electron chi connectivity index (χ2n) is 2.71. The van der Waals surface area contributed by atoms with Crippen molar-refractivity contribution in [2.24, 2.45) is 0 Å². The third-order valence-electron chi connectivity index (χ3n) is 1.83. The van der Waals surface area contributed by atoms with E-state index in [1.54, 1.807) is 33.6 Å². The quantitative estimate of drug-likeness (QED) is 0.516. The van der Waals surface area contributed by atoms with Gasteiger partial charge in [-0.3, -0.25) is 0 Å². The SMILES string of the molecule is CCCCC1=[C]([Zr+2])CC=C1.[Cl-].[Cl-]. The normalized spacial score (nSPS) is 14.2. The Kier molecular flexibility index (Phi) is 11.0. The van der Waals surface area contributed by atoms with Gasteiger partial charge in [-0.05, 0) is 0 Å². The fourth-order valence-corrected chi connectivity index (χ4v) is 1.95. The molecule has 0 atom stereocenters. The van der Waals surface area contributed by atoms with Crippen LogP contribution in [-0.4, -0.2) is 0 Å². The maximum atomic E-state index is 2.31. The van der Waals surface area contributed by atoms with Crippen LogP contribution in [0.5, 0.6) is 0 Å². The Balaban J connectivity index is 0. The van der Waals surface area contributed by atoms with Gasteiger partial charge in [-0.15, -0.1) is 0 Å². The first-order valence-electron chi connectivity index (χ1n) is 3.94. The summed E-state index contributed by atoms with van der Waals surface area (Å²) in [4.78, 5) is 0. The van der Waals surface area contributed by atoms with Gasteiger partial charge >= 0.3 is 78.3 Å². The molecule has 0 amide bonds. The summed E-state index contributed by atoms with van der Waals surface area (Å²) in [5.41, 5.74) is 1.63. The van der Waals surface area contributed by atoms with Gasteiger partial charge in [-0.2, -0.15) is 0 Å². The summed E-state index contributed by atoms with van der Waals surface area (Å²) in [5, 5.41) is 0. The summed E-state index contributed by atoms with van der Waals surface area (Å²) in [6.45, 7) is 2.25. The van der Waals surface area contributed by atoms with Crippen molar-refractivity contribution in [3.63, 3.8) is 0 Å². The molecule has 0 nitrogen and oxygen atoms in total. The average molecular weight is 283 g/mol. The average Bonchev–Trinajstić information content (AvgIpc) is 2.31. The van der Waals surface area contributed by atoms with E-state index < -0.39 is 0 Å². The van der Waals surface area contributed by atoms with Crippen molar-refractivity contribution in [1.82, 2.24) is 0 Å². The third kappa shape index (κ3) is 4.85. The van der Waals surface area contributed by atoms with Crippen molar-refractivity contribution in [2.75, 3.05) is 0 Å². The maximum Gasteiger partial charge on any atom is -1.00 e. The molecule has 0 fully saturated rings. The van der Waals surface area contributed by atoms with Crippen LogP contribution >= 0.6 is 0 Å². The molecular formula is C9H13Cl2Zr. The largest absolute Gasteiger partial charge is 1.00 e. The molecule has 1 aliphatic rings. The Hall–Kier alpha value is 0.943. The maximum absolute atomic E-state index is 2.31. The number of hydrogen-bond acceptors (Lipinski definition) is 0. The summed E-state index contributed by atoms with van der Waals surface area (Å²) in [5.74, 6) is 0. The van der Waals surface area contributed by atoms with Gasteiger partial charge in [0.2, 0.25) is 0 Å². The summed E-state index contributed by atoms with van der Waals surface area (Å²) in [6, 6.07) is 0. The van der Waals surface area contributed by atoms with Gasteiger partial charge in [-0.25, -0.2) is 0 Å². The Morgan fingerprint density at radius 1 is 1.42 bits per heavy atom. The van der Waals surface area contributed by atoms with Gasteiger partial charge in [0.05, 0.1) is 0 Å². The Morgan fingerprint density at radius 3 is 2.50 bits per heavy atom. The molecule has 12 heavy (non-hydrogen) atoms. The predicted octanol–water partition coefficient (Wildman–Crippen LogP) is -3.05. The first-order chi connectivity index (χ1) is 4.84. The summed E-state index contributed by atoms with van der Waals surface area (Å²) >= 11 is 1.61. The molecule has 0 spiro atoms. The molecule has 0 heterocycles. The number of hydrogen-bond donors (Lipinski definition) is 0. The summed E-state index contributed by atoms with van der Waals surface area (Å²) in [7, 11) is 0. The Bertz CT molecular complexity index is 173. The molecule has 0 bridgehead atoms. The molecule has 3 heteroatoms. The van der Waals surface area contributed by atoms with Crippen LogP contribution in [0.15, 0.2) is 21.0 Å². The van der Waals surface area contributed by atoms with E-state index in [0.717, 1.165) is 0 Å². The first-order valence-corrected chi connectivity index (χ1v) is 5.17. The fraction of sp³-hybridized carbons (Fsp3) is 0.556. The molecule has 0 N–H and O–H groups in total. The van der Waals surface area contributed by atoms with E-state index >= 15 is 0 Å². The molecule has 1 aliphatic carbocycles. The summed E-state index contributed by atoms with van der Waals surface area (Å²) < 4.78 is 1.67. The van der Waals surface area contributed by atoms with Gasteiger partial charge in [0, 0.05) is 0 Å². The Labute approximate surface area is 103 Å². The molecule has 0 radical (unpaired) electrons. The second kappa shape index (κ2) is 8.54. The van der Waals surface area contributed by atoms with Crippen molar-refractivity contribution in [1.29, 1.82) is 0 Å². The van der Waals surface area contributed by atoms with Crippen LogP contribution in [-0.2, 0) is 24.7 Å². The van der Waals surface area contributed by atoms with E-state index in [-0.39, 0.29) is 24.8 Å². The minimum Gasteiger partial charge on any atom is -1.00 e. The van der Waals surface area contributed by atoms with Crippen molar-refractivity contribution < 1.29 is 49.5 Å². The zero-order chi connectivity index (χ0) is 7.40. The van der Waals surface area contributed by atoms with Crippen LogP contribution in [0.3, 0.4) is 0 Å². The minimum atomic E-state index is 0.